The van der Waals surface area contributed by atoms with Gasteiger partial charge in [0, 0.05) is 10.6 Å². The summed E-state index contributed by atoms with van der Waals surface area (Å²) < 4.78 is 5.73. The Hall–Kier alpha value is -1.88. The second-order valence-corrected chi connectivity index (χ2v) is 3.87. The largest absolute Gasteiger partial charge is 0.482 e. The molecule has 0 radical (unpaired) electrons. The SMILES string of the molecule is C=Cc1cc(Cl)ccc1OC(C)c1nnn[nH]1. The minimum atomic E-state index is -0.273. The first-order valence-electron chi connectivity index (χ1n) is 5.03. The van der Waals surface area contributed by atoms with Gasteiger partial charge in [0.15, 0.2) is 11.9 Å². The Morgan fingerprint density at radius 1 is 1.53 bits per heavy atom. The first-order valence-corrected chi connectivity index (χ1v) is 5.40. The van der Waals surface area contributed by atoms with Crippen LogP contribution >= 0.6 is 11.6 Å². The van der Waals surface area contributed by atoms with E-state index in [2.05, 4.69) is 27.2 Å². The van der Waals surface area contributed by atoms with E-state index in [0.29, 0.717) is 16.6 Å². The van der Waals surface area contributed by atoms with Crippen molar-refractivity contribution in [2.75, 3.05) is 0 Å². The highest BCUT2D eigenvalue weighted by molar-refractivity contribution is 6.30. The van der Waals surface area contributed by atoms with Crippen molar-refractivity contribution in [2.45, 2.75) is 13.0 Å². The normalized spacial score (nSPS) is 12.1. The van der Waals surface area contributed by atoms with Crippen molar-refractivity contribution >= 4 is 17.7 Å². The molecule has 0 bridgehead atoms. The molecule has 1 unspecified atom stereocenters. The highest BCUT2D eigenvalue weighted by Crippen LogP contribution is 2.27. The number of aromatic amines is 1. The summed E-state index contributed by atoms with van der Waals surface area (Å²) in [5.41, 5.74) is 0.830. The van der Waals surface area contributed by atoms with Gasteiger partial charge in [-0.2, -0.15) is 0 Å². The van der Waals surface area contributed by atoms with Crippen molar-refractivity contribution in [3.05, 3.63) is 41.2 Å². The van der Waals surface area contributed by atoms with Crippen LogP contribution < -0.4 is 4.74 Å². The number of nitrogens with zero attached hydrogens (tertiary/aromatic N) is 3. The highest BCUT2D eigenvalue weighted by Gasteiger charge is 2.12. The quantitative estimate of drug-likeness (QED) is 0.906. The van der Waals surface area contributed by atoms with Crippen LogP contribution in [0.1, 0.15) is 24.4 Å². The highest BCUT2D eigenvalue weighted by atomic mass is 35.5. The molecule has 6 heteroatoms. The maximum absolute atomic E-state index is 5.89. The molecule has 1 heterocycles. The Morgan fingerprint density at radius 2 is 2.35 bits per heavy atom. The van der Waals surface area contributed by atoms with E-state index >= 15 is 0 Å². The van der Waals surface area contributed by atoms with Crippen LogP contribution in [-0.2, 0) is 0 Å². The number of hydrogen-bond acceptors (Lipinski definition) is 4. The Morgan fingerprint density at radius 3 is 3.00 bits per heavy atom. The first kappa shape index (κ1) is 11.6. The molecule has 88 valence electrons. The molecule has 0 saturated heterocycles. The fraction of sp³-hybridized carbons (Fsp3) is 0.182. The second-order valence-electron chi connectivity index (χ2n) is 3.43. The lowest BCUT2D eigenvalue weighted by atomic mass is 10.2. The number of tetrazole rings is 1. The molecule has 1 aromatic heterocycles. The number of benzene rings is 1. The maximum Gasteiger partial charge on any atom is 0.189 e. The molecule has 0 saturated carbocycles. The molecule has 1 atom stereocenters. The number of nitrogens with one attached hydrogen (secondary N) is 1. The fourth-order valence-corrected chi connectivity index (χ4v) is 1.55. The predicted octanol–water partition coefficient (Wildman–Crippen LogP) is 2.64. The van der Waals surface area contributed by atoms with Crippen molar-refractivity contribution in [1.29, 1.82) is 0 Å². The molecular weight excluding hydrogens is 240 g/mol. The van der Waals surface area contributed by atoms with E-state index in [4.69, 9.17) is 16.3 Å². The number of H-pyrrole nitrogens is 1. The smallest absolute Gasteiger partial charge is 0.189 e. The molecule has 2 aromatic rings. The van der Waals surface area contributed by atoms with Gasteiger partial charge in [-0.05, 0) is 35.5 Å². The van der Waals surface area contributed by atoms with Crippen LogP contribution in [0, 0.1) is 0 Å². The van der Waals surface area contributed by atoms with E-state index in [1.807, 2.05) is 6.92 Å². The maximum atomic E-state index is 5.89. The standard InChI is InChI=1S/C11H11ClN4O/c1-3-8-6-9(12)4-5-10(8)17-7(2)11-13-15-16-14-11/h3-7H,1H2,2H3,(H,13,14,15,16). The lowest BCUT2D eigenvalue weighted by molar-refractivity contribution is 0.216. The van der Waals surface area contributed by atoms with Crippen molar-refractivity contribution in [3.63, 3.8) is 0 Å². The summed E-state index contributed by atoms with van der Waals surface area (Å²) >= 11 is 5.89. The van der Waals surface area contributed by atoms with E-state index in [9.17, 15) is 0 Å². The minimum Gasteiger partial charge on any atom is -0.482 e. The van der Waals surface area contributed by atoms with E-state index in [0.717, 1.165) is 5.56 Å². The van der Waals surface area contributed by atoms with Crippen LogP contribution in [-0.4, -0.2) is 20.6 Å². The number of hydrogen-bond donors (Lipinski definition) is 1. The van der Waals surface area contributed by atoms with E-state index in [1.54, 1.807) is 24.3 Å². The van der Waals surface area contributed by atoms with Crippen LogP contribution in [0.2, 0.25) is 5.02 Å². The second kappa shape index (κ2) is 4.97. The number of ether oxygens (including phenoxy) is 1. The summed E-state index contributed by atoms with van der Waals surface area (Å²) in [5.74, 6) is 1.25. The summed E-state index contributed by atoms with van der Waals surface area (Å²) in [6.45, 7) is 5.57. The summed E-state index contributed by atoms with van der Waals surface area (Å²) in [5, 5.41) is 14.1. The van der Waals surface area contributed by atoms with Gasteiger partial charge in [-0.1, -0.05) is 24.3 Å². The predicted molar refractivity (Wildman–Crippen MR) is 64.8 cm³/mol. The molecule has 1 aromatic carbocycles. The molecule has 2 rings (SSSR count). The van der Waals surface area contributed by atoms with E-state index < -0.39 is 0 Å². The molecule has 0 aliphatic heterocycles. The molecule has 0 spiro atoms. The molecule has 5 nitrogen and oxygen atoms in total. The van der Waals surface area contributed by atoms with Crippen LogP contribution in [0.25, 0.3) is 6.08 Å². The van der Waals surface area contributed by atoms with E-state index in [1.165, 1.54) is 0 Å². The summed E-state index contributed by atoms with van der Waals surface area (Å²) in [6, 6.07) is 5.34. The molecule has 17 heavy (non-hydrogen) atoms. The summed E-state index contributed by atoms with van der Waals surface area (Å²) in [7, 11) is 0. The third-order valence-corrected chi connectivity index (χ3v) is 2.48. The van der Waals surface area contributed by atoms with Crippen molar-refractivity contribution in [2.24, 2.45) is 0 Å². The Kier molecular flexibility index (Phi) is 3.39. The average molecular weight is 251 g/mol. The third-order valence-electron chi connectivity index (χ3n) is 2.24. The molecule has 0 aliphatic rings. The summed E-state index contributed by atoms with van der Waals surface area (Å²) in [4.78, 5) is 0. The van der Waals surface area contributed by atoms with Crippen molar-refractivity contribution < 1.29 is 4.74 Å². The third kappa shape index (κ3) is 2.62. The van der Waals surface area contributed by atoms with Gasteiger partial charge in [0.05, 0.1) is 0 Å². The van der Waals surface area contributed by atoms with Gasteiger partial charge in [0.1, 0.15) is 5.75 Å². The van der Waals surface area contributed by atoms with Crippen molar-refractivity contribution in [1.82, 2.24) is 20.6 Å². The zero-order valence-corrected chi connectivity index (χ0v) is 9.98. The van der Waals surface area contributed by atoms with Gasteiger partial charge >= 0.3 is 0 Å². The molecule has 1 N–H and O–H groups in total. The monoisotopic (exact) mass is 250 g/mol. The zero-order valence-electron chi connectivity index (χ0n) is 9.22. The fourth-order valence-electron chi connectivity index (χ4n) is 1.37. The van der Waals surface area contributed by atoms with Gasteiger partial charge in [-0.3, -0.25) is 0 Å². The Bertz CT molecular complexity index is 512. The van der Waals surface area contributed by atoms with Crippen LogP contribution in [0.3, 0.4) is 0 Å². The molecular formula is C11H11ClN4O. The number of aromatic nitrogens is 4. The van der Waals surface area contributed by atoms with Crippen LogP contribution in [0.5, 0.6) is 5.75 Å². The topological polar surface area (TPSA) is 63.7 Å². The van der Waals surface area contributed by atoms with Gasteiger partial charge < -0.3 is 4.74 Å². The lowest BCUT2D eigenvalue weighted by Gasteiger charge is -2.13. The van der Waals surface area contributed by atoms with Gasteiger partial charge in [-0.25, -0.2) is 5.10 Å². The van der Waals surface area contributed by atoms with Gasteiger partial charge in [-0.15, -0.1) is 5.10 Å². The van der Waals surface area contributed by atoms with E-state index in [-0.39, 0.29) is 6.10 Å². The number of halogens is 1. The van der Waals surface area contributed by atoms with Gasteiger partial charge in [0.2, 0.25) is 0 Å². The molecule has 0 aliphatic carbocycles. The molecule has 0 amide bonds. The lowest BCUT2D eigenvalue weighted by Crippen LogP contribution is -2.06. The van der Waals surface area contributed by atoms with Crippen LogP contribution in [0.15, 0.2) is 24.8 Å². The Labute approximate surface area is 103 Å². The van der Waals surface area contributed by atoms with Crippen LogP contribution in [0.4, 0.5) is 0 Å². The Balaban J connectivity index is 2.21. The summed E-state index contributed by atoms with van der Waals surface area (Å²) in [6.07, 6.45) is 1.41. The van der Waals surface area contributed by atoms with Gasteiger partial charge in [0.25, 0.3) is 0 Å². The minimum absolute atomic E-state index is 0.273. The first-order chi connectivity index (χ1) is 8.20. The average Bonchev–Trinajstić information content (AvgIpc) is 2.85. The number of rotatable bonds is 4. The van der Waals surface area contributed by atoms with Crippen molar-refractivity contribution in [3.8, 4) is 5.75 Å². The molecule has 0 fully saturated rings. The zero-order chi connectivity index (χ0) is 12.3.